The number of benzene rings is 2. The summed E-state index contributed by atoms with van der Waals surface area (Å²) < 4.78 is 16.8. The van der Waals surface area contributed by atoms with E-state index in [0.29, 0.717) is 43.7 Å². The highest BCUT2D eigenvalue weighted by Crippen LogP contribution is 2.21. The van der Waals surface area contributed by atoms with Crippen LogP contribution in [0.3, 0.4) is 0 Å². The average Bonchev–Trinajstić information content (AvgIpc) is 2.86. The molecule has 2 amide bonds. The minimum Gasteiger partial charge on any atom is -0.490 e. The predicted octanol–water partition coefficient (Wildman–Crippen LogP) is 4.72. The number of likely N-dealkylation sites (tertiary alicyclic amines) is 1. The van der Waals surface area contributed by atoms with Gasteiger partial charge in [0.05, 0.1) is 0 Å². The third-order valence-electron chi connectivity index (χ3n) is 5.73. The molecule has 3 rings (SSSR count). The zero-order valence-corrected chi connectivity index (χ0v) is 21.5. The molecule has 0 bridgehead atoms. The van der Waals surface area contributed by atoms with E-state index in [4.69, 9.17) is 14.2 Å². The number of nitrogens with zero attached hydrogens (tertiary/aromatic N) is 1. The fraction of sp³-hybridized carbons (Fsp3) is 0.464. The van der Waals surface area contributed by atoms with Gasteiger partial charge in [-0.2, -0.15) is 0 Å². The van der Waals surface area contributed by atoms with Crippen LogP contribution >= 0.6 is 0 Å². The molecular weight excluding hydrogens is 460 g/mol. The summed E-state index contributed by atoms with van der Waals surface area (Å²) in [5, 5.41) is 2.75. The number of ether oxygens (including phenoxy) is 3. The molecule has 1 fully saturated rings. The first-order valence-corrected chi connectivity index (χ1v) is 12.4. The van der Waals surface area contributed by atoms with Gasteiger partial charge in [0.15, 0.2) is 0 Å². The van der Waals surface area contributed by atoms with Crippen LogP contribution in [0.5, 0.6) is 5.75 Å². The molecule has 0 radical (unpaired) electrons. The van der Waals surface area contributed by atoms with Crippen molar-refractivity contribution >= 4 is 18.0 Å². The van der Waals surface area contributed by atoms with Gasteiger partial charge in [0.2, 0.25) is 0 Å². The molecule has 1 atom stereocenters. The SMILES string of the molecule is CCC(NC(=O)c1ccc(OC2CCN(C(=O)OC(C)(C)C)CC2)cc1)C(=O)OCc1ccccc1. The molecule has 1 aliphatic rings. The van der Waals surface area contributed by atoms with Crippen LogP contribution in [0, 0.1) is 0 Å². The maximum absolute atomic E-state index is 12.7. The van der Waals surface area contributed by atoms with E-state index in [1.807, 2.05) is 58.0 Å². The van der Waals surface area contributed by atoms with Gasteiger partial charge in [0.1, 0.15) is 30.1 Å². The normalized spacial score (nSPS) is 15.1. The Labute approximate surface area is 212 Å². The van der Waals surface area contributed by atoms with Crippen molar-refractivity contribution in [2.75, 3.05) is 13.1 Å². The number of carbonyl (C=O) groups is 3. The molecule has 1 heterocycles. The van der Waals surface area contributed by atoms with Crippen LogP contribution in [-0.4, -0.2) is 53.7 Å². The van der Waals surface area contributed by atoms with Crippen molar-refractivity contribution in [3.05, 3.63) is 65.7 Å². The Bertz CT molecular complexity index is 1010. The Morgan fingerprint density at radius 1 is 1.00 bits per heavy atom. The highest BCUT2D eigenvalue weighted by molar-refractivity contribution is 5.96. The number of esters is 1. The van der Waals surface area contributed by atoms with Gasteiger partial charge in [-0.15, -0.1) is 0 Å². The molecule has 8 heteroatoms. The van der Waals surface area contributed by atoms with Crippen LogP contribution < -0.4 is 10.1 Å². The maximum Gasteiger partial charge on any atom is 0.410 e. The van der Waals surface area contributed by atoms with Gasteiger partial charge < -0.3 is 24.4 Å². The van der Waals surface area contributed by atoms with Crippen LogP contribution in [0.2, 0.25) is 0 Å². The van der Waals surface area contributed by atoms with Gasteiger partial charge in [-0.3, -0.25) is 4.79 Å². The highest BCUT2D eigenvalue weighted by atomic mass is 16.6. The first kappa shape index (κ1) is 27.0. The molecule has 1 unspecified atom stereocenters. The summed E-state index contributed by atoms with van der Waals surface area (Å²) in [6.45, 7) is 8.67. The molecule has 1 saturated heterocycles. The fourth-order valence-corrected chi connectivity index (χ4v) is 3.76. The van der Waals surface area contributed by atoms with Gasteiger partial charge >= 0.3 is 12.1 Å². The van der Waals surface area contributed by atoms with E-state index in [9.17, 15) is 14.4 Å². The predicted molar refractivity (Wildman–Crippen MR) is 136 cm³/mol. The van der Waals surface area contributed by atoms with Crippen LogP contribution in [-0.2, 0) is 20.9 Å². The third kappa shape index (κ3) is 8.29. The molecule has 1 aliphatic heterocycles. The fourth-order valence-electron chi connectivity index (χ4n) is 3.76. The molecule has 2 aromatic rings. The van der Waals surface area contributed by atoms with Crippen molar-refractivity contribution in [1.29, 1.82) is 0 Å². The monoisotopic (exact) mass is 496 g/mol. The lowest BCUT2D eigenvalue weighted by molar-refractivity contribution is -0.147. The standard InChI is InChI=1S/C28H36N2O6/c1-5-24(26(32)34-19-20-9-7-6-8-10-20)29-25(31)21-11-13-22(14-12-21)35-23-15-17-30(18-16-23)27(33)36-28(2,3)4/h6-14,23-24H,5,15-19H2,1-4H3,(H,29,31). The molecule has 8 nitrogen and oxygen atoms in total. The molecular formula is C28H36N2O6. The molecule has 0 spiro atoms. The Morgan fingerprint density at radius 2 is 1.64 bits per heavy atom. The van der Waals surface area contributed by atoms with E-state index in [2.05, 4.69) is 5.32 Å². The van der Waals surface area contributed by atoms with E-state index >= 15 is 0 Å². The first-order valence-electron chi connectivity index (χ1n) is 12.4. The summed E-state index contributed by atoms with van der Waals surface area (Å²) in [7, 11) is 0. The van der Waals surface area contributed by atoms with E-state index in [1.54, 1.807) is 29.2 Å². The van der Waals surface area contributed by atoms with Gasteiger partial charge in [0.25, 0.3) is 5.91 Å². The van der Waals surface area contributed by atoms with Crippen LogP contribution in [0.25, 0.3) is 0 Å². The molecule has 0 aliphatic carbocycles. The summed E-state index contributed by atoms with van der Waals surface area (Å²) >= 11 is 0. The van der Waals surface area contributed by atoms with Crippen molar-refractivity contribution < 1.29 is 28.6 Å². The van der Waals surface area contributed by atoms with Crippen molar-refractivity contribution in [2.45, 2.75) is 71.3 Å². The van der Waals surface area contributed by atoms with E-state index in [1.165, 1.54) is 0 Å². The number of carbonyl (C=O) groups excluding carboxylic acids is 3. The zero-order valence-electron chi connectivity index (χ0n) is 21.5. The number of rotatable bonds is 8. The summed E-state index contributed by atoms with van der Waals surface area (Å²) in [5.41, 5.74) is 0.799. The smallest absolute Gasteiger partial charge is 0.410 e. The highest BCUT2D eigenvalue weighted by Gasteiger charge is 2.28. The van der Waals surface area contributed by atoms with E-state index in [-0.39, 0.29) is 24.7 Å². The Hall–Kier alpha value is -3.55. The molecule has 194 valence electrons. The molecule has 2 aromatic carbocycles. The lowest BCUT2D eigenvalue weighted by Gasteiger charge is -2.33. The van der Waals surface area contributed by atoms with E-state index in [0.717, 1.165) is 5.56 Å². The molecule has 36 heavy (non-hydrogen) atoms. The molecule has 0 saturated carbocycles. The summed E-state index contributed by atoms with van der Waals surface area (Å²) in [6, 6.07) is 15.5. The summed E-state index contributed by atoms with van der Waals surface area (Å²) in [5.74, 6) is -0.167. The second kappa shape index (κ2) is 12.4. The summed E-state index contributed by atoms with van der Waals surface area (Å²) in [4.78, 5) is 39.0. The van der Waals surface area contributed by atoms with Gasteiger partial charge in [-0.05, 0) is 57.0 Å². The minimum absolute atomic E-state index is 0.0211. The summed E-state index contributed by atoms with van der Waals surface area (Å²) in [6.07, 6.45) is 1.50. The Kier molecular flexibility index (Phi) is 9.33. The van der Waals surface area contributed by atoms with Gasteiger partial charge in [-0.25, -0.2) is 9.59 Å². The largest absolute Gasteiger partial charge is 0.490 e. The van der Waals surface area contributed by atoms with Crippen molar-refractivity contribution in [2.24, 2.45) is 0 Å². The Balaban J connectivity index is 1.45. The van der Waals surface area contributed by atoms with Crippen molar-refractivity contribution in [3.8, 4) is 5.75 Å². The number of amides is 2. The van der Waals surface area contributed by atoms with Crippen molar-refractivity contribution in [3.63, 3.8) is 0 Å². The topological polar surface area (TPSA) is 94.2 Å². The van der Waals surface area contributed by atoms with Gasteiger partial charge in [0, 0.05) is 31.5 Å². The van der Waals surface area contributed by atoms with Crippen molar-refractivity contribution in [1.82, 2.24) is 10.2 Å². The third-order valence-corrected chi connectivity index (χ3v) is 5.73. The minimum atomic E-state index is -0.729. The lowest BCUT2D eigenvalue weighted by Crippen LogP contribution is -2.44. The average molecular weight is 497 g/mol. The lowest BCUT2D eigenvalue weighted by atomic mass is 10.1. The molecule has 0 aromatic heterocycles. The number of hydrogen-bond acceptors (Lipinski definition) is 6. The molecule has 1 N–H and O–H groups in total. The number of piperidine rings is 1. The van der Waals surface area contributed by atoms with E-state index < -0.39 is 17.6 Å². The van der Waals surface area contributed by atoms with Crippen LogP contribution in [0.1, 0.15) is 62.9 Å². The zero-order chi connectivity index (χ0) is 26.1. The van der Waals surface area contributed by atoms with Crippen LogP contribution in [0.15, 0.2) is 54.6 Å². The number of hydrogen-bond donors (Lipinski definition) is 1. The van der Waals surface area contributed by atoms with Crippen LogP contribution in [0.4, 0.5) is 4.79 Å². The quantitative estimate of drug-likeness (QED) is 0.532. The Morgan fingerprint density at radius 3 is 2.22 bits per heavy atom. The maximum atomic E-state index is 12.7. The second-order valence-corrected chi connectivity index (χ2v) is 9.84. The second-order valence-electron chi connectivity index (χ2n) is 9.84. The first-order chi connectivity index (χ1) is 17.1. The number of nitrogens with one attached hydrogen (secondary N) is 1. The van der Waals surface area contributed by atoms with Gasteiger partial charge in [-0.1, -0.05) is 37.3 Å².